The van der Waals surface area contributed by atoms with E-state index in [1.807, 2.05) is 0 Å². The van der Waals surface area contributed by atoms with Gasteiger partial charge >= 0.3 is 0 Å². The Labute approximate surface area is 88.4 Å². The highest BCUT2D eigenvalue weighted by Crippen LogP contribution is 2.28. The molecule has 2 N–H and O–H groups in total. The van der Waals surface area contributed by atoms with E-state index < -0.39 is 0 Å². The number of aliphatic hydroxyl groups is 1. The highest BCUT2D eigenvalue weighted by atomic mass is 35.5. The van der Waals surface area contributed by atoms with Gasteiger partial charge in [-0.15, -0.1) is 12.4 Å². The molecule has 1 saturated heterocycles. The fourth-order valence-corrected chi connectivity index (χ4v) is 2.53. The summed E-state index contributed by atoms with van der Waals surface area (Å²) in [6.07, 6.45) is 0. The Balaban J connectivity index is 0.000000845. The zero-order valence-electron chi connectivity index (χ0n) is 7.27. The first-order valence-electron chi connectivity index (χ1n) is 4.25. The molecule has 1 aliphatic heterocycles. The Morgan fingerprint density at radius 3 is 3.00 bits per heavy atom. The summed E-state index contributed by atoms with van der Waals surface area (Å²) in [7, 11) is 0. The SMILES string of the molecule is Cl.OCC1CNCC1c1ccsc1. The quantitative estimate of drug-likeness (QED) is 0.790. The van der Waals surface area contributed by atoms with Gasteiger partial charge in [-0.2, -0.15) is 11.3 Å². The Hall–Kier alpha value is -0.0900. The third-order valence-electron chi connectivity index (χ3n) is 2.55. The molecule has 13 heavy (non-hydrogen) atoms. The third kappa shape index (κ3) is 2.23. The van der Waals surface area contributed by atoms with Crippen molar-refractivity contribution >= 4 is 23.7 Å². The van der Waals surface area contributed by atoms with Crippen LogP contribution >= 0.6 is 23.7 Å². The molecule has 2 atom stereocenters. The lowest BCUT2D eigenvalue weighted by molar-refractivity contribution is 0.226. The molecule has 74 valence electrons. The molecular weight excluding hydrogens is 206 g/mol. The first-order chi connectivity index (χ1) is 5.92. The maximum Gasteiger partial charge on any atom is 0.0477 e. The van der Waals surface area contributed by atoms with Gasteiger partial charge in [0.1, 0.15) is 0 Å². The van der Waals surface area contributed by atoms with Crippen molar-refractivity contribution in [3.63, 3.8) is 0 Å². The number of hydrogen-bond acceptors (Lipinski definition) is 3. The van der Waals surface area contributed by atoms with Crippen LogP contribution in [0.15, 0.2) is 16.8 Å². The van der Waals surface area contributed by atoms with Crippen LogP contribution in [-0.4, -0.2) is 24.8 Å². The molecule has 0 aromatic carbocycles. The minimum absolute atomic E-state index is 0. The fraction of sp³-hybridized carbons (Fsp3) is 0.556. The highest BCUT2D eigenvalue weighted by Gasteiger charge is 2.27. The van der Waals surface area contributed by atoms with Crippen molar-refractivity contribution in [1.82, 2.24) is 5.32 Å². The van der Waals surface area contributed by atoms with Crippen LogP contribution in [-0.2, 0) is 0 Å². The molecule has 2 unspecified atom stereocenters. The second kappa shape index (κ2) is 4.96. The summed E-state index contributed by atoms with van der Waals surface area (Å²) in [6.45, 7) is 2.27. The lowest BCUT2D eigenvalue weighted by Gasteiger charge is -2.13. The third-order valence-corrected chi connectivity index (χ3v) is 3.25. The van der Waals surface area contributed by atoms with Crippen LogP contribution in [0.5, 0.6) is 0 Å². The Morgan fingerprint density at radius 2 is 2.38 bits per heavy atom. The maximum absolute atomic E-state index is 9.10. The Bertz CT molecular complexity index is 240. The van der Waals surface area contributed by atoms with E-state index in [9.17, 15) is 0 Å². The van der Waals surface area contributed by atoms with Gasteiger partial charge in [0, 0.05) is 31.5 Å². The molecule has 0 saturated carbocycles. The van der Waals surface area contributed by atoms with Crippen molar-refractivity contribution < 1.29 is 5.11 Å². The molecule has 0 bridgehead atoms. The molecule has 2 heterocycles. The number of aliphatic hydroxyl groups excluding tert-OH is 1. The first kappa shape index (κ1) is 11.0. The zero-order valence-corrected chi connectivity index (χ0v) is 8.90. The summed E-state index contributed by atoms with van der Waals surface area (Å²) in [5.41, 5.74) is 1.38. The first-order valence-corrected chi connectivity index (χ1v) is 5.19. The van der Waals surface area contributed by atoms with E-state index >= 15 is 0 Å². The zero-order chi connectivity index (χ0) is 8.39. The predicted molar refractivity (Wildman–Crippen MR) is 57.8 cm³/mol. The minimum Gasteiger partial charge on any atom is -0.396 e. The van der Waals surface area contributed by atoms with Crippen molar-refractivity contribution in [2.45, 2.75) is 5.92 Å². The van der Waals surface area contributed by atoms with Crippen LogP contribution < -0.4 is 5.32 Å². The normalized spacial score (nSPS) is 27.2. The van der Waals surface area contributed by atoms with Gasteiger partial charge in [-0.25, -0.2) is 0 Å². The molecular formula is C9H14ClNOS. The van der Waals surface area contributed by atoms with Crippen LogP contribution in [0.4, 0.5) is 0 Å². The summed E-state index contributed by atoms with van der Waals surface area (Å²) in [5, 5.41) is 16.7. The van der Waals surface area contributed by atoms with Gasteiger partial charge < -0.3 is 10.4 Å². The van der Waals surface area contributed by atoms with Crippen LogP contribution in [0.3, 0.4) is 0 Å². The molecule has 0 spiro atoms. The van der Waals surface area contributed by atoms with Crippen LogP contribution in [0, 0.1) is 5.92 Å². The highest BCUT2D eigenvalue weighted by molar-refractivity contribution is 7.07. The van der Waals surface area contributed by atoms with E-state index in [1.165, 1.54) is 5.56 Å². The standard InChI is InChI=1S/C9H13NOS.ClH/c11-5-8-3-10-4-9(8)7-1-2-12-6-7;/h1-2,6,8-11H,3-5H2;1H. The smallest absolute Gasteiger partial charge is 0.0477 e. The molecule has 4 heteroatoms. The van der Waals surface area contributed by atoms with Gasteiger partial charge in [0.25, 0.3) is 0 Å². The topological polar surface area (TPSA) is 32.3 Å². The van der Waals surface area contributed by atoms with Crippen LogP contribution in [0.2, 0.25) is 0 Å². The van der Waals surface area contributed by atoms with Gasteiger partial charge in [-0.05, 0) is 22.4 Å². The second-order valence-corrected chi connectivity index (χ2v) is 4.04. The fourth-order valence-electron chi connectivity index (χ4n) is 1.80. The van der Waals surface area contributed by atoms with Gasteiger partial charge in [0.15, 0.2) is 0 Å². The van der Waals surface area contributed by atoms with Crippen LogP contribution in [0.1, 0.15) is 11.5 Å². The van der Waals surface area contributed by atoms with E-state index in [4.69, 9.17) is 5.11 Å². The molecule has 1 aliphatic rings. The largest absolute Gasteiger partial charge is 0.396 e. The number of thiophene rings is 1. The average molecular weight is 220 g/mol. The maximum atomic E-state index is 9.10. The van der Waals surface area contributed by atoms with Crippen molar-refractivity contribution in [3.8, 4) is 0 Å². The van der Waals surface area contributed by atoms with Gasteiger partial charge in [0.05, 0.1) is 0 Å². The van der Waals surface area contributed by atoms with Crippen molar-refractivity contribution in [3.05, 3.63) is 22.4 Å². The minimum atomic E-state index is 0. The monoisotopic (exact) mass is 219 g/mol. The molecule has 0 aliphatic carbocycles. The van der Waals surface area contributed by atoms with E-state index in [1.54, 1.807) is 11.3 Å². The second-order valence-electron chi connectivity index (χ2n) is 3.26. The van der Waals surface area contributed by atoms with Crippen molar-refractivity contribution in [2.24, 2.45) is 5.92 Å². The summed E-state index contributed by atoms with van der Waals surface area (Å²) >= 11 is 1.73. The van der Waals surface area contributed by atoms with E-state index in [2.05, 4.69) is 22.1 Å². The van der Waals surface area contributed by atoms with Gasteiger partial charge in [0.2, 0.25) is 0 Å². The van der Waals surface area contributed by atoms with E-state index in [0.29, 0.717) is 18.4 Å². The summed E-state index contributed by atoms with van der Waals surface area (Å²) in [5.74, 6) is 0.945. The Kier molecular flexibility index (Phi) is 4.19. The summed E-state index contributed by atoms with van der Waals surface area (Å²) < 4.78 is 0. The van der Waals surface area contributed by atoms with Crippen LogP contribution in [0.25, 0.3) is 0 Å². The number of nitrogens with one attached hydrogen (secondary N) is 1. The Morgan fingerprint density at radius 1 is 1.54 bits per heavy atom. The van der Waals surface area contributed by atoms with E-state index in [0.717, 1.165) is 13.1 Å². The van der Waals surface area contributed by atoms with Crippen molar-refractivity contribution in [2.75, 3.05) is 19.7 Å². The number of hydrogen-bond donors (Lipinski definition) is 2. The predicted octanol–water partition coefficient (Wildman–Crippen LogP) is 1.47. The lowest BCUT2D eigenvalue weighted by atomic mass is 9.92. The van der Waals surface area contributed by atoms with Gasteiger partial charge in [-0.3, -0.25) is 0 Å². The molecule has 0 amide bonds. The van der Waals surface area contributed by atoms with Crippen molar-refractivity contribution in [1.29, 1.82) is 0 Å². The number of rotatable bonds is 2. The average Bonchev–Trinajstić information content (AvgIpc) is 2.74. The lowest BCUT2D eigenvalue weighted by Crippen LogP contribution is -2.14. The number of halogens is 1. The molecule has 2 rings (SSSR count). The molecule has 1 fully saturated rings. The molecule has 1 aromatic heterocycles. The van der Waals surface area contributed by atoms with E-state index in [-0.39, 0.29) is 12.4 Å². The molecule has 2 nitrogen and oxygen atoms in total. The summed E-state index contributed by atoms with van der Waals surface area (Å²) in [6, 6.07) is 2.16. The van der Waals surface area contributed by atoms with Gasteiger partial charge in [-0.1, -0.05) is 0 Å². The summed E-state index contributed by atoms with van der Waals surface area (Å²) in [4.78, 5) is 0. The molecule has 1 aromatic rings. The molecule has 0 radical (unpaired) electrons.